The zero-order valence-electron chi connectivity index (χ0n) is 13.3. The van der Waals surface area contributed by atoms with Crippen LogP contribution in [0.15, 0.2) is 60.9 Å². The second-order valence-corrected chi connectivity index (χ2v) is 6.22. The molecule has 0 aliphatic carbocycles. The van der Waals surface area contributed by atoms with Gasteiger partial charge in [0, 0.05) is 32.7 Å². The molecule has 118 valence electrons. The number of piperazine rings is 1. The second-order valence-electron chi connectivity index (χ2n) is 6.22. The monoisotopic (exact) mass is 306 g/mol. The van der Waals surface area contributed by atoms with Gasteiger partial charge in [-0.3, -0.25) is 9.80 Å². The first-order chi connectivity index (χ1) is 11.4. The molecule has 1 aliphatic rings. The Balaban J connectivity index is 1.35. The van der Waals surface area contributed by atoms with E-state index in [1.807, 2.05) is 12.4 Å². The van der Waals surface area contributed by atoms with E-state index >= 15 is 0 Å². The summed E-state index contributed by atoms with van der Waals surface area (Å²) in [6.45, 7) is 6.46. The van der Waals surface area contributed by atoms with Gasteiger partial charge in [-0.2, -0.15) is 0 Å². The third-order valence-corrected chi connectivity index (χ3v) is 4.59. The summed E-state index contributed by atoms with van der Waals surface area (Å²) in [5.41, 5.74) is 3.70. The highest BCUT2D eigenvalue weighted by Crippen LogP contribution is 2.14. The maximum absolute atomic E-state index is 4.48. The summed E-state index contributed by atoms with van der Waals surface area (Å²) < 4.78 is 2.25. The molecule has 1 saturated heterocycles. The molecule has 0 spiro atoms. The van der Waals surface area contributed by atoms with E-state index in [1.54, 1.807) is 0 Å². The van der Waals surface area contributed by atoms with Gasteiger partial charge in [-0.15, -0.1) is 0 Å². The van der Waals surface area contributed by atoms with Crippen molar-refractivity contribution in [2.45, 2.75) is 13.2 Å². The van der Waals surface area contributed by atoms with E-state index < -0.39 is 0 Å². The molecule has 23 heavy (non-hydrogen) atoms. The van der Waals surface area contributed by atoms with Crippen molar-refractivity contribution in [3.63, 3.8) is 0 Å². The van der Waals surface area contributed by atoms with Crippen LogP contribution in [0, 0.1) is 0 Å². The SMILES string of the molecule is c1ccc(CN2CCN(Cn3cnc4ccccc43)CC2)cc1. The second kappa shape index (κ2) is 6.52. The van der Waals surface area contributed by atoms with Crippen LogP contribution in [0.2, 0.25) is 0 Å². The normalized spacial score (nSPS) is 16.9. The average molecular weight is 306 g/mol. The Hall–Kier alpha value is -2.17. The van der Waals surface area contributed by atoms with E-state index in [9.17, 15) is 0 Å². The van der Waals surface area contributed by atoms with Crippen LogP contribution in [0.4, 0.5) is 0 Å². The van der Waals surface area contributed by atoms with Gasteiger partial charge in [0.1, 0.15) is 0 Å². The first-order valence-electron chi connectivity index (χ1n) is 8.27. The number of nitrogens with zero attached hydrogens (tertiary/aromatic N) is 4. The number of aromatic nitrogens is 2. The van der Waals surface area contributed by atoms with Gasteiger partial charge < -0.3 is 4.57 Å². The van der Waals surface area contributed by atoms with Crippen molar-refractivity contribution >= 4 is 11.0 Å². The fourth-order valence-electron chi connectivity index (χ4n) is 3.27. The van der Waals surface area contributed by atoms with Gasteiger partial charge >= 0.3 is 0 Å². The highest BCUT2D eigenvalue weighted by molar-refractivity contribution is 5.74. The first-order valence-corrected chi connectivity index (χ1v) is 8.27. The lowest BCUT2D eigenvalue weighted by atomic mass is 10.2. The molecular formula is C19H22N4. The van der Waals surface area contributed by atoms with Crippen molar-refractivity contribution in [1.29, 1.82) is 0 Å². The molecule has 4 heteroatoms. The van der Waals surface area contributed by atoms with E-state index in [2.05, 4.69) is 67.9 Å². The van der Waals surface area contributed by atoms with Crippen LogP contribution in [-0.4, -0.2) is 45.5 Å². The Morgan fingerprint density at radius 3 is 2.30 bits per heavy atom. The minimum absolute atomic E-state index is 0.930. The van der Waals surface area contributed by atoms with Gasteiger partial charge in [-0.1, -0.05) is 42.5 Å². The highest BCUT2D eigenvalue weighted by atomic mass is 15.3. The lowest BCUT2D eigenvalue weighted by Crippen LogP contribution is -2.46. The van der Waals surface area contributed by atoms with E-state index in [-0.39, 0.29) is 0 Å². The molecule has 4 rings (SSSR count). The van der Waals surface area contributed by atoms with Gasteiger partial charge in [0.2, 0.25) is 0 Å². The summed E-state index contributed by atoms with van der Waals surface area (Å²) in [7, 11) is 0. The summed E-state index contributed by atoms with van der Waals surface area (Å²) in [5.74, 6) is 0. The molecule has 0 amide bonds. The number of hydrogen-bond donors (Lipinski definition) is 0. The van der Waals surface area contributed by atoms with Gasteiger partial charge in [-0.05, 0) is 17.7 Å². The molecule has 4 nitrogen and oxygen atoms in total. The Morgan fingerprint density at radius 2 is 1.48 bits per heavy atom. The predicted octanol–water partition coefficient (Wildman–Crippen LogP) is 2.81. The molecule has 2 heterocycles. The highest BCUT2D eigenvalue weighted by Gasteiger charge is 2.17. The van der Waals surface area contributed by atoms with Gasteiger partial charge in [0.05, 0.1) is 24.0 Å². The molecule has 1 aromatic heterocycles. The molecule has 2 aromatic carbocycles. The Bertz CT molecular complexity index is 757. The van der Waals surface area contributed by atoms with E-state index in [0.717, 1.165) is 44.9 Å². The van der Waals surface area contributed by atoms with Crippen molar-refractivity contribution < 1.29 is 0 Å². The number of imidazole rings is 1. The number of benzene rings is 2. The van der Waals surface area contributed by atoms with Crippen molar-refractivity contribution in [3.8, 4) is 0 Å². The van der Waals surface area contributed by atoms with Crippen molar-refractivity contribution in [2.75, 3.05) is 26.2 Å². The standard InChI is InChI=1S/C19H22N4/c1-2-6-17(7-3-1)14-21-10-12-22(13-11-21)16-23-15-20-18-8-4-5-9-19(18)23/h1-9,15H,10-14,16H2. The lowest BCUT2D eigenvalue weighted by molar-refractivity contribution is 0.104. The van der Waals surface area contributed by atoms with Crippen LogP contribution in [0.1, 0.15) is 5.56 Å². The van der Waals surface area contributed by atoms with E-state index in [0.29, 0.717) is 0 Å². The zero-order valence-corrected chi connectivity index (χ0v) is 13.3. The quantitative estimate of drug-likeness (QED) is 0.741. The van der Waals surface area contributed by atoms with Crippen LogP contribution in [-0.2, 0) is 13.2 Å². The van der Waals surface area contributed by atoms with E-state index in [1.165, 1.54) is 11.1 Å². The van der Waals surface area contributed by atoms with Gasteiger partial charge in [0.15, 0.2) is 0 Å². The van der Waals surface area contributed by atoms with Crippen molar-refractivity contribution in [1.82, 2.24) is 19.4 Å². The first kappa shape index (κ1) is 14.4. The van der Waals surface area contributed by atoms with Crippen LogP contribution < -0.4 is 0 Å². The lowest BCUT2D eigenvalue weighted by Gasteiger charge is -2.34. The summed E-state index contributed by atoms with van der Waals surface area (Å²) >= 11 is 0. The number of para-hydroxylation sites is 2. The molecule has 0 radical (unpaired) electrons. The number of rotatable bonds is 4. The van der Waals surface area contributed by atoms with Gasteiger partial charge in [0.25, 0.3) is 0 Å². The molecule has 0 saturated carbocycles. The topological polar surface area (TPSA) is 24.3 Å². The van der Waals surface area contributed by atoms with Crippen molar-refractivity contribution in [2.24, 2.45) is 0 Å². The van der Waals surface area contributed by atoms with Crippen LogP contribution in [0.5, 0.6) is 0 Å². The minimum Gasteiger partial charge on any atom is -0.317 e. The maximum atomic E-state index is 4.48. The minimum atomic E-state index is 0.930. The Kier molecular flexibility index (Phi) is 4.09. The maximum Gasteiger partial charge on any atom is 0.0969 e. The largest absolute Gasteiger partial charge is 0.317 e. The van der Waals surface area contributed by atoms with Crippen LogP contribution in [0.3, 0.4) is 0 Å². The summed E-state index contributed by atoms with van der Waals surface area (Å²) in [4.78, 5) is 9.53. The fourth-order valence-corrected chi connectivity index (χ4v) is 3.27. The number of fused-ring (bicyclic) bond motifs is 1. The fraction of sp³-hybridized carbons (Fsp3) is 0.316. The summed E-state index contributed by atoms with van der Waals surface area (Å²) in [5, 5.41) is 0. The molecule has 0 unspecified atom stereocenters. The summed E-state index contributed by atoms with van der Waals surface area (Å²) in [6.07, 6.45) is 1.96. The van der Waals surface area contributed by atoms with Gasteiger partial charge in [-0.25, -0.2) is 4.98 Å². The Morgan fingerprint density at radius 1 is 0.783 bits per heavy atom. The molecule has 3 aromatic rings. The van der Waals surface area contributed by atoms with Crippen molar-refractivity contribution in [3.05, 3.63) is 66.5 Å². The predicted molar refractivity (Wildman–Crippen MR) is 93.0 cm³/mol. The smallest absolute Gasteiger partial charge is 0.0969 e. The van der Waals surface area contributed by atoms with Crippen LogP contribution in [0.25, 0.3) is 11.0 Å². The number of hydrogen-bond acceptors (Lipinski definition) is 3. The molecular weight excluding hydrogens is 284 g/mol. The zero-order chi connectivity index (χ0) is 15.5. The molecule has 0 atom stereocenters. The summed E-state index contributed by atoms with van der Waals surface area (Å²) in [6, 6.07) is 19.1. The molecule has 0 bridgehead atoms. The third-order valence-electron chi connectivity index (χ3n) is 4.59. The molecule has 1 fully saturated rings. The average Bonchev–Trinajstić information content (AvgIpc) is 3.01. The molecule has 1 aliphatic heterocycles. The third kappa shape index (κ3) is 3.28. The Labute approximate surface area is 137 Å². The van der Waals surface area contributed by atoms with Crippen LogP contribution >= 0.6 is 0 Å². The molecule has 0 N–H and O–H groups in total. The van der Waals surface area contributed by atoms with E-state index in [4.69, 9.17) is 0 Å².